The molecule has 3 aliphatic rings. The molecule has 2 atom stereocenters. The third kappa shape index (κ3) is 4.24. The lowest BCUT2D eigenvalue weighted by Gasteiger charge is -2.36. The van der Waals surface area contributed by atoms with E-state index in [1.54, 1.807) is 0 Å². The summed E-state index contributed by atoms with van der Waals surface area (Å²) in [7, 11) is 0. The van der Waals surface area contributed by atoms with Gasteiger partial charge in [-0.2, -0.15) is 0 Å². The minimum absolute atomic E-state index is 0.381. The van der Waals surface area contributed by atoms with Crippen LogP contribution in [0.3, 0.4) is 0 Å². The average Bonchev–Trinajstić information content (AvgIpc) is 2.55. The Balaban J connectivity index is 1.45. The molecule has 0 radical (unpaired) electrons. The second-order valence-corrected chi connectivity index (χ2v) is 7.70. The molecule has 0 nitrogen and oxygen atoms in total. The lowest BCUT2D eigenvalue weighted by molar-refractivity contribution is 0.0871. The normalized spacial score (nSPS) is 38.5. The van der Waals surface area contributed by atoms with Crippen molar-refractivity contribution in [3.63, 3.8) is 0 Å². The van der Waals surface area contributed by atoms with Crippen LogP contribution in [0.5, 0.6) is 0 Å². The minimum atomic E-state index is -0.506. The lowest BCUT2D eigenvalue weighted by Crippen LogP contribution is -2.30. The van der Waals surface area contributed by atoms with E-state index in [9.17, 15) is 4.39 Å². The van der Waals surface area contributed by atoms with Gasteiger partial charge >= 0.3 is 0 Å². The number of halogens is 1. The van der Waals surface area contributed by atoms with Crippen LogP contribution in [0.1, 0.15) is 83.5 Å². The van der Waals surface area contributed by atoms with Crippen molar-refractivity contribution in [3.05, 3.63) is 0 Å². The highest BCUT2D eigenvalue weighted by molar-refractivity contribution is 5.09. The van der Waals surface area contributed by atoms with Crippen LogP contribution in [0.2, 0.25) is 0 Å². The van der Waals surface area contributed by atoms with E-state index in [2.05, 4.69) is 11.8 Å². The molecule has 0 N–H and O–H groups in total. The highest BCUT2D eigenvalue weighted by Crippen LogP contribution is 2.41. The standard InChI is InChI=1S/C20H31F/c21-20-9-5-4-8-19(20)18-14-12-17(13-15-18)11-10-16-6-2-1-3-7-16/h16-20H,1-9,12-15H2. The number of alkyl halides is 1. The summed E-state index contributed by atoms with van der Waals surface area (Å²) in [5.41, 5.74) is 0. The fraction of sp³-hybridized carbons (Fsp3) is 0.900. The van der Waals surface area contributed by atoms with Crippen molar-refractivity contribution < 1.29 is 4.39 Å². The Labute approximate surface area is 130 Å². The second-order valence-electron chi connectivity index (χ2n) is 7.70. The third-order valence-electron chi connectivity index (χ3n) is 6.21. The molecular formula is C20H31F. The van der Waals surface area contributed by atoms with Crippen molar-refractivity contribution in [2.45, 2.75) is 89.6 Å². The van der Waals surface area contributed by atoms with Gasteiger partial charge in [-0.25, -0.2) is 4.39 Å². The van der Waals surface area contributed by atoms with E-state index in [0.717, 1.165) is 19.3 Å². The van der Waals surface area contributed by atoms with Crippen molar-refractivity contribution >= 4 is 0 Å². The molecule has 1 heteroatoms. The third-order valence-corrected chi connectivity index (χ3v) is 6.21. The Morgan fingerprint density at radius 3 is 1.81 bits per heavy atom. The largest absolute Gasteiger partial charge is 0.247 e. The number of hydrogen-bond acceptors (Lipinski definition) is 0. The topological polar surface area (TPSA) is 0 Å². The van der Waals surface area contributed by atoms with Crippen LogP contribution in [0, 0.1) is 35.5 Å². The fourth-order valence-electron chi connectivity index (χ4n) is 4.82. The van der Waals surface area contributed by atoms with Gasteiger partial charge in [-0.15, -0.1) is 0 Å². The molecule has 118 valence electrons. The Morgan fingerprint density at radius 1 is 0.571 bits per heavy atom. The molecule has 0 amide bonds. The molecule has 0 aromatic rings. The second kappa shape index (κ2) is 7.66. The quantitative estimate of drug-likeness (QED) is 0.527. The Kier molecular flexibility index (Phi) is 5.61. The molecule has 3 fully saturated rings. The van der Waals surface area contributed by atoms with Crippen molar-refractivity contribution in [1.29, 1.82) is 0 Å². The predicted octanol–water partition coefficient (Wildman–Crippen LogP) is 5.90. The Hall–Kier alpha value is -0.510. The van der Waals surface area contributed by atoms with E-state index in [1.165, 1.54) is 64.2 Å². The average molecular weight is 290 g/mol. The van der Waals surface area contributed by atoms with Crippen molar-refractivity contribution in [2.75, 3.05) is 0 Å². The summed E-state index contributed by atoms with van der Waals surface area (Å²) in [6.45, 7) is 0. The smallest absolute Gasteiger partial charge is 0.103 e. The van der Waals surface area contributed by atoms with E-state index in [0.29, 0.717) is 23.7 Å². The molecule has 0 aromatic heterocycles. The van der Waals surface area contributed by atoms with Gasteiger partial charge in [0.25, 0.3) is 0 Å². The molecule has 2 unspecified atom stereocenters. The summed E-state index contributed by atoms with van der Waals surface area (Å²) in [5.74, 6) is 9.49. The zero-order valence-electron chi connectivity index (χ0n) is 13.5. The maximum Gasteiger partial charge on any atom is 0.103 e. The van der Waals surface area contributed by atoms with E-state index in [4.69, 9.17) is 0 Å². The monoisotopic (exact) mass is 290 g/mol. The summed E-state index contributed by atoms with van der Waals surface area (Å²) in [4.78, 5) is 0. The van der Waals surface area contributed by atoms with Gasteiger partial charge in [-0.1, -0.05) is 43.9 Å². The molecule has 21 heavy (non-hydrogen) atoms. The van der Waals surface area contributed by atoms with E-state index >= 15 is 0 Å². The molecule has 0 heterocycles. The first kappa shape index (κ1) is 15.4. The van der Waals surface area contributed by atoms with E-state index < -0.39 is 6.17 Å². The van der Waals surface area contributed by atoms with Crippen LogP contribution in [0.4, 0.5) is 4.39 Å². The fourth-order valence-corrected chi connectivity index (χ4v) is 4.82. The van der Waals surface area contributed by atoms with Crippen LogP contribution in [0.25, 0.3) is 0 Å². The molecule has 0 saturated heterocycles. The first-order valence-corrected chi connectivity index (χ1v) is 9.48. The summed E-state index contributed by atoms with van der Waals surface area (Å²) in [5, 5.41) is 0. The molecule has 0 spiro atoms. The van der Waals surface area contributed by atoms with E-state index in [1.807, 2.05) is 0 Å². The van der Waals surface area contributed by atoms with Gasteiger partial charge in [0.05, 0.1) is 0 Å². The van der Waals surface area contributed by atoms with Crippen molar-refractivity contribution in [1.82, 2.24) is 0 Å². The highest BCUT2D eigenvalue weighted by atomic mass is 19.1. The van der Waals surface area contributed by atoms with Gasteiger partial charge < -0.3 is 0 Å². The molecule has 3 aliphatic carbocycles. The maximum atomic E-state index is 14.1. The summed E-state index contributed by atoms with van der Waals surface area (Å²) in [6.07, 6.45) is 15.6. The van der Waals surface area contributed by atoms with E-state index in [-0.39, 0.29) is 0 Å². The summed E-state index contributed by atoms with van der Waals surface area (Å²) >= 11 is 0. The summed E-state index contributed by atoms with van der Waals surface area (Å²) < 4.78 is 14.1. The zero-order chi connectivity index (χ0) is 14.5. The molecule has 3 saturated carbocycles. The Bertz CT molecular complexity index is 363. The van der Waals surface area contributed by atoms with Crippen LogP contribution in [-0.2, 0) is 0 Å². The number of rotatable bonds is 1. The SMILES string of the molecule is FC1CCCCC1C1CCC(C#CC2CCCCC2)CC1. The van der Waals surface area contributed by atoms with Crippen molar-refractivity contribution in [2.24, 2.45) is 23.7 Å². The molecule has 0 aliphatic heterocycles. The maximum absolute atomic E-state index is 14.1. The first-order chi connectivity index (χ1) is 10.3. The molecule has 0 bridgehead atoms. The lowest BCUT2D eigenvalue weighted by atomic mass is 9.70. The van der Waals surface area contributed by atoms with Gasteiger partial charge in [-0.3, -0.25) is 0 Å². The highest BCUT2D eigenvalue weighted by Gasteiger charge is 2.34. The van der Waals surface area contributed by atoms with Crippen LogP contribution < -0.4 is 0 Å². The summed E-state index contributed by atoms with van der Waals surface area (Å²) in [6, 6.07) is 0. The predicted molar refractivity (Wildman–Crippen MR) is 86.7 cm³/mol. The number of hydrogen-bond donors (Lipinski definition) is 0. The minimum Gasteiger partial charge on any atom is -0.247 e. The molecule has 0 aromatic carbocycles. The molecular weight excluding hydrogens is 259 g/mol. The van der Waals surface area contributed by atoms with Crippen LogP contribution in [-0.4, -0.2) is 6.17 Å². The van der Waals surface area contributed by atoms with Gasteiger partial charge in [0, 0.05) is 11.8 Å². The van der Waals surface area contributed by atoms with Crippen molar-refractivity contribution in [3.8, 4) is 11.8 Å². The van der Waals surface area contributed by atoms with Crippen LogP contribution >= 0.6 is 0 Å². The van der Waals surface area contributed by atoms with Gasteiger partial charge in [0.1, 0.15) is 6.17 Å². The zero-order valence-corrected chi connectivity index (χ0v) is 13.5. The van der Waals surface area contributed by atoms with Gasteiger partial charge in [0.2, 0.25) is 0 Å². The van der Waals surface area contributed by atoms with Gasteiger partial charge in [-0.05, 0) is 63.2 Å². The Morgan fingerprint density at radius 2 is 1.14 bits per heavy atom. The van der Waals surface area contributed by atoms with Gasteiger partial charge in [0.15, 0.2) is 0 Å². The van der Waals surface area contributed by atoms with Crippen LogP contribution in [0.15, 0.2) is 0 Å². The molecule has 3 rings (SSSR count). The first-order valence-electron chi connectivity index (χ1n) is 9.48.